The molecule has 2 aliphatic rings. The average molecular weight is 454 g/mol. The zero-order valence-electron chi connectivity index (χ0n) is 18.8. The van der Waals surface area contributed by atoms with Gasteiger partial charge in [-0.3, -0.25) is 9.59 Å². The molecule has 168 valence electrons. The van der Waals surface area contributed by atoms with E-state index in [0.29, 0.717) is 25.3 Å². The predicted octanol–water partition coefficient (Wildman–Crippen LogP) is 2.17. The highest BCUT2D eigenvalue weighted by Crippen LogP contribution is 2.46. The number of aryl methyl sites for hydroxylation is 4. The van der Waals surface area contributed by atoms with Crippen LogP contribution in [0.15, 0.2) is 6.07 Å². The van der Waals surface area contributed by atoms with Crippen LogP contribution >= 0.6 is 11.3 Å². The number of carbonyl (C=O) groups excluding carboxylic acids is 2. The summed E-state index contributed by atoms with van der Waals surface area (Å²) in [7, 11) is 0. The molecule has 1 aliphatic carbocycles. The van der Waals surface area contributed by atoms with Crippen molar-refractivity contribution in [3.05, 3.63) is 38.9 Å². The second-order valence-electron chi connectivity index (χ2n) is 9.14. The summed E-state index contributed by atoms with van der Waals surface area (Å²) in [4.78, 5) is 41.7. The molecule has 1 atom stereocenters. The number of amides is 2. The third-order valence-electron chi connectivity index (χ3n) is 6.67. The van der Waals surface area contributed by atoms with E-state index in [0.717, 1.165) is 46.2 Å². The minimum atomic E-state index is -0.175. The van der Waals surface area contributed by atoms with Crippen molar-refractivity contribution in [3.63, 3.8) is 0 Å². The summed E-state index contributed by atoms with van der Waals surface area (Å²) in [6, 6.07) is 2.00. The fraction of sp³-hybridized carbons (Fsp3) is 0.545. The van der Waals surface area contributed by atoms with Crippen LogP contribution < -0.4 is 5.32 Å². The van der Waals surface area contributed by atoms with Crippen molar-refractivity contribution in [3.8, 4) is 0 Å². The van der Waals surface area contributed by atoms with Gasteiger partial charge < -0.3 is 10.2 Å². The quantitative estimate of drug-likeness (QED) is 0.649. The van der Waals surface area contributed by atoms with Gasteiger partial charge in [-0.2, -0.15) is 4.98 Å². The topological polar surface area (TPSA) is 105 Å². The summed E-state index contributed by atoms with van der Waals surface area (Å²) >= 11 is 1.58. The Morgan fingerprint density at radius 2 is 1.97 bits per heavy atom. The van der Waals surface area contributed by atoms with E-state index in [1.807, 2.05) is 33.8 Å². The Morgan fingerprint density at radius 3 is 2.69 bits per heavy atom. The molecule has 3 aromatic heterocycles. The maximum Gasteiger partial charge on any atom is 0.293 e. The number of thiazole rings is 1. The fourth-order valence-corrected chi connectivity index (χ4v) is 6.06. The second-order valence-corrected chi connectivity index (χ2v) is 10.4. The minimum absolute atomic E-state index is 0.0340. The highest BCUT2D eigenvalue weighted by molar-refractivity contribution is 7.11. The molecule has 1 saturated carbocycles. The number of likely N-dealkylation sites (tertiary alicyclic amines) is 1. The molecule has 2 amide bonds. The molecule has 9 nitrogen and oxygen atoms in total. The van der Waals surface area contributed by atoms with Gasteiger partial charge in [0, 0.05) is 40.8 Å². The van der Waals surface area contributed by atoms with Crippen LogP contribution in [-0.2, 0) is 11.2 Å². The summed E-state index contributed by atoms with van der Waals surface area (Å²) < 4.78 is 1.61. The van der Waals surface area contributed by atoms with E-state index in [2.05, 4.69) is 25.4 Å². The van der Waals surface area contributed by atoms with Gasteiger partial charge in [0.2, 0.25) is 11.7 Å². The van der Waals surface area contributed by atoms with E-state index in [1.165, 1.54) is 0 Å². The average Bonchev–Trinajstić information content (AvgIpc) is 3.37. The lowest BCUT2D eigenvalue weighted by molar-refractivity contribution is -0.122. The molecule has 4 heterocycles. The molecule has 5 rings (SSSR count). The van der Waals surface area contributed by atoms with Gasteiger partial charge in [0.1, 0.15) is 0 Å². The Balaban J connectivity index is 1.24. The van der Waals surface area contributed by atoms with E-state index in [9.17, 15) is 9.59 Å². The van der Waals surface area contributed by atoms with Crippen LogP contribution in [0, 0.1) is 33.1 Å². The second kappa shape index (κ2) is 7.61. The summed E-state index contributed by atoms with van der Waals surface area (Å²) in [5.41, 5.74) is 2.62. The first kappa shape index (κ1) is 21.0. The molecular formula is C22H27N7O2S. The van der Waals surface area contributed by atoms with Gasteiger partial charge in [-0.05, 0) is 46.6 Å². The first-order chi connectivity index (χ1) is 15.2. The molecule has 1 unspecified atom stereocenters. The van der Waals surface area contributed by atoms with Crippen molar-refractivity contribution in [1.29, 1.82) is 0 Å². The number of fused-ring (bicyclic) bond motifs is 1. The molecule has 0 radical (unpaired) electrons. The smallest absolute Gasteiger partial charge is 0.293 e. The summed E-state index contributed by atoms with van der Waals surface area (Å²) in [6.07, 6.45) is 3.38. The predicted molar refractivity (Wildman–Crippen MR) is 120 cm³/mol. The first-order valence-electron chi connectivity index (χ1n) is 11.0. The lowest BCUT2D eigenvalue weighted by Crippen LogP contribution is -2.65. The maximum absolute atomic E-state index is 13.0. The molecule has 10 heteroatoms. The molecule has 3 aromatic rings. The zero-order chi connectivity index (χ0) is 22.6. The van der Waals surface area contributed by atoms with E-state index >= 15 is 0 Å². The van der Waals surface area contributed by atoms with Gasteiger partial charge in [-0.15, -0.1) is 16.4 Å². The summed E-state index contributed by atoms with van der Waals surface area (Å²) in [5.74, 6) is 0.481. The standard InChI is InChI=1S/C22H27N7O2S/c1-12-8-13(2)29-21(23-12)26-19(27-29)20(31)28-10-22(11-28)7-5-6-17(22)25-18(30)9-16-14(3)24-15(4)32-16/h8,17H,5-7,9-11H2,1-4H3,(H,25,30). The zero-order valence-corrected chi connectivity index (χ0v) is 19.6. The Bertz CT molecular complexity index is 1220. The number of aromatic nitrogens is 5. The molecule has 32 heavy (non-hydrogen) atoms. The molecule has 1 aliphatic heterocycles. The molecule has 0 aromatic carbocycles. The third kappa shape index (κ3) is 3.56. The number of nitrogens with zero attached hydrogens (tertiary/aromatic N) is 6. The molecule has 0 bridgehead atoms. The lowest BCUT2D eigenvalue weighted by Gasteiger charge is -2.51. The number of hydrogen-bond donors (Lipinski definition) is 1. The van der Waals surface area contributed by atoms with Gasteiger partial charge in [0.15, 0.2) is 0 Å². The van der Waals surface area contributed by atoms with Gasteiger partial charge in [-0.1, -0.05) is 6.42 Å². The van der Waals surface area contributed by atoms with Crippen molar-refractivity contribution < 1.29 is 9.59 Å². The Kier molecular flexibility index (Phi) is 4.99. The van der Waals surface area contributed by atoms with Crippen molar-refractivity contribution in [2.24, 2.45) is 5.41 Å². The summed E-state index contributed by atoms with van der Waals surface area (Å²) in [6.45, 7) is 8.97. The molecular weight excluding hydrogens is 426 g/mol. The van der Waals surface area contributed by atoms with E-state index in [1.54, 1.807) is 20.8 Å². The highest BCUT2D eigenvalue weighted by Gasteiger charge is 2.53. The third-order valence-corrected chi connectivity index (χ3v) is 7.74. The van der Waals surface area contributed by atoms with Crippen LogP contribution in [0.1, 0.15) is 56.8 Å². The van der Waals surface area contributed by atoms with E-state index in [4.69, 9.17) is 0 Å². The van der Waals surface area contributed by atoms with Crippen LogP contribution in [0.3, 0.4) is 0 Å². The van der Waals surface area contributed by atoms with Crippen molar-refractivity contribution in [1.82, 2.24) is 34.8 Å². The van der Waals surface area contributed by atoms with Gasteiger partial charge in [0.25, 0.3) is 11.7 Å². The van der Waals surface area contributed by atoms with Crippen LogP contribution in [0.2, 0.25) is 0 Å². The normalized spacial score (nSPS) is 19.5. The summed E-state index contributed by atoms with van der Waals surface area (Å²) in [5, 5.41) is 8.60. The lowest BCUT2D eigenvalue weighted by atomic mass is 9.75. The van der Waals surface area contributed by atoms with Gasteiger partial charge in [0.05, 0.1) is 17.1 Å². The minimum Gasteiger partial charge on any atom is -0.352 e. The van der Waals surface area contributed by atoms with Crippen LogP contribution in [0.4, 0.5) is 0 Å². The van der Waals surface area contributed by atoms with E-state index < -0.39 is 0 Å². The van der Waals surface area contributed by atoms with Crippen molar-refractivity contribution in [2.75, 3.05) is 13.1 Å². The van der Waals surface area contributed by atoms with Gasteiger partial charge >= 0.3 is 0 Å². The van der Waals surface area contributed by atoms with Crippen LogP contribution in [0.5, 0.6) is 0 Å². The van der Waals surface area contributed by atoms with Gasteiger partial charge in [-0.25, -0.2) is 14.5 Å². The van der Waals surface area contributed by atoms with Crippen LogP contribution in [-0.4, -0.2) is 60.4 Å². The SMILES string of the molecule is Cc1cc(C)n2nc(C(=O)N3CC4(CCCC4NC(=O)Cc4sc(C)nc4C)C3)nc2n1. The molecule has 2 fully saturated rings. The van der Waals surface area contributed by atoms with Crippen molar-refractivity contribution >= 4 is 28.9 Å². The largest absolute Gasteiger partial charge is 0.352 e. The van der Waals surface area contributed by atoms with Crippen molar-refractivity contribution in [2.45, 2.75) is 59.4 Å². The molecule has 1 saturated heterocycles. The Hall–Kier alpha value is -2.88. The molecule has 1 N–H and O–H groups in total. The highest BCUT2D eigenvalue weighted by atomic mass is 32.1. The van der Waals surface area contributed by atoms with Crippen LogP contribution in [0.25, 0.3) is 5.78 Å². The number of nitrogens with one attached hydrogen (secondary N) is 1. The fourth-order valence-electron chi connectivity index (χ4n) is 5.13. The Morgan fingerprint density at radius 1 is 1.19 bits per heavy atom. The number of carbonyl (C=O) groups is 2. The number of rotatable bonds is 4. The first-order valence-corrected chi connectivity index (χ1v) is 11.8. The maximum atomic E-state index is 13.0. The Labute approximate surface area is 190 Å². The number of hydrogen-bond acceptors (Lipinski definition) is 7. The van der Waals surface area contributed by atoms with E-state index in [-0.39, 0.29) is 29.1 Å². The molecule has 1 spiro atoms. The monoisotopic (exact) mass is 453 g/mol.